The Balaban J connectivity index is 1.63. The molecule has 0 bridgehead atoms. The number of halogens is 4. The number of amides is 2. The lowest BCUT2D eigenvalue weighted by atomic mass is 10.1. The Bertz CT molecular complexity index is 1260. The number of nitrogens with zero attached hydrogens (tertiary/aromatic N) is 3. The van der Waals surface area contributed by atoms with Gasteiger partial charge in [-0.2, -0.15) is 18.3 Å². The molecule has 166 valence electrons. The molecule has 0 atom stereocenters. The number of hydrogen-bond donors (Lipinski definition) is 1. The Morgan fingerprint density at radius 3 is 2.66 bits per heavy atom. The minimum Gasteiger partial charge on any atom is -0.395 e. The van der Waals surface area contributed by atoms with Gasteiger partial charge in [-0.1, -0.05) is 23.7 Å². The van der Waals surface area contributed by atoms with E-state index in [1.54, 1.807) is 24.3 Å². The van der Waals surface area contributed by atoms with Crippen LogP contribution < -0.4 is 0 Å². The SMILES string of the molecule is O=C1S/C(=C\c2ccc3c(cnn3Cc3ccc(Cl)cc3C(F)(F)F)c2)C(=O)N1CCO. The van der Waals surface area contributed by atoms with Gasteiger partial charge in [-0.05, 0) is 53.2 Å². The number of β-amino-alcohol motifs (C(OH)–C–C–N with tert-alkyl or cyclic N) is 1. The van der Waals surface area contributed by atoms with Crippen molar-refractivity contribution < 1.29 is 27.9 Å². The van der Waals surface area contributed by atoms with Gasteiger partial charge in [0, 0.05) is 10.4 Å². The van der Waals surface area contributed by atoms with Gasteiger partial charge in [0.2, 0.25) is 0 Å². The Morgan fingerprint density at radius 1 is 1.16 bits per heavy atom. The van der Waals surface area contributed by atoms with Crippen LogP contribution in [0.2, 0.25) is 5.02 Å². The van der Waals surface area contributed by atoms with E-state index in [2.05, 4.69) is 5.10 Å². The average molecular weight is 482 g/mol. The summed E-state index contributed by atoms with van der Waals surface area (Å²) < 4.78 is 41.6. The van der Waals surface area contributed by atoms with Crippen molar-refractivity contribution in [3.63, 3.8) is 0 Å². The molecule has 1 aliphatic heterocycles. The fourth-order valence-electron chi connectivity index (χ4n) is 3.38. The van der Waals surface area contributed by atoms with Crippen molar-refractivity contribution in [3.8, 4) is 0 Å². The monoisotopic (exact) mass is 481 g/mol. The number of carbonyl (C=O) groups excluding carboxylic acids is 2. The van der Waals surface area contributed by atoms with E-state index >= 15 is 0 Å². The van der Waals surface area contributed by atoms with Crippen LogP contribution in [0.15, 0.2) is 47.5 Å². The topological polar surface area (TPSA) is 75.4 Å². The van der Waals surface area contributed by atoms with Gasteiger partial charge in [0.05, 0.1) is 41.9 Å². The molecule has 3 aromatic rings. The van der Waals surface area contributed by atoms with E-state index in [1.807, 2.05) is 0 Å². The van der Waals surface area contributed by atoms with Crippen molar-refractivity contribution in [3.05, 3.63) is 69.2 Å². The maximum absolute atomic E-state index is 13.4. The normalized spacial score (nSPS) is 16.0. The van der Waals surface area contributed by atoms with Gasteiger partial charge in [-0.3, -0.25) is 19.2 Å². The predicted octanol–water partition coefficient (Wildman–Crippen LogP) is 4.79. The zero-order valence-corrected chi connectivity index (χ0v) is 17.8. The summed E-state index contributed by atoms with van der Waals surface area (Å²) in [6.07, 6.45) is -1.47. The van der Waals surface area contributed by atoms with E-state index in [0.29, 0.717) is 16.5 Å². The molecular weight excluding hydrogens is 467 g/mol. The third-order valence-corrected chi connectivity index (χ3v) is 6.00. The predicted molar refractivity (Wildman–Crippen MR) is 115 cm³/mol. The Hall–Kier alpha value is -2.82. The number of aromatic nitrogens is 2. The zero-order chi connectivity index (χ0) is 23.0. The second-order valence-corrected chi connectivity index (χ2v) is 8.41. The Morgan fingerprint density at radius 2 is 1.94 bits per heavy atom. The van der Waals surface area contributed by atoms with Gasteiger partial charge in [0.25, 0.3) is 11.1 Å². The van der Waals surface area contributed by atoms with Crippen LogP contribution in [0.1, 0.15) is 16.7 Å². The number of rotatable bonds is 5. The summed E-state index contributed by atoms with van der Waals surface area (Å²) in [5.74, 6) is -0.479. The summed E-state index contributed by atoms with van der Waals surface area (Å²) in [7, 11) is 0. The molecule has 4 rings (SSSR count). The molecule has 0 radical (unpaired) electrons. The molecule has 0 aliphatic carbocycles. The first-order valence-electron chi connectivity index (χ1n) is 9.35. The van der Waals surface area contributed by atoms with Gasteiger partial charge in [-0.15, -0.1) is 0 Å². The molecule has 0 unspecified atom stereocenters. The van der Waals surface area contributed by atoms with E-state index in [0.717, 1.165) is 22.7 Å². The third-order valence-electron chi connectivity index (χ3n) is 4.86. The molecule has 2 aromatic carbocycles. The summed E-state index contributed by atoms with van der Waals surface area (Å²) in [5, 5.41) is 13.4. The van der Waals surface area contributed by atoms with Crippen molar-refractivity contribution in [1.29, 1.82) is 0 Å². The number of imide groups is 1. The minimum atomic E-state index is -4.55. The fourth-order valence-corrected chi connectivity index (χ4v) is 4.41. The number of aliphatic hydroxyl groups excluding tert-OH is 1. The van der Waals surface area contributed by atoms with Crippen LogP contribution in [-0.2, 0) is 17.5 Å². The van der Waals surface area contributed by atoms with Crippen LogP contribution in [0.5, 0.6) is 0 Å². The maximum atomic E-state index is 13.4. The number of carbonyl (C=O) groups is 2. The number of fused-ring (bicyclic) bond motifs is 1. The second-order valence-electron chi connectivity index (χ2n) is 6.98. The number of thioether (sulfide) groups is 1. The first-order valence-corrected chi connectivity index (χ1v) is 10.5. The van der Waals surface area contributed by atoms with E-state index in [9.17, 15) is 22.8 Å². The van der Waals surface area contributed by atoms with Gasteiger partial charge < -0.3 is 5.11 Å². The highest BCUT2D eigenvalue weighted by Gasteiger charge is 2.35. The molecule has 2 heterocycles. The van der Waals surface area contributed by atoms with Crippen LogP contribution in [0, 0.1) is 0 Å². The highest BCUT2D eigenvalue weighted by Crippen LogP contribution is 2.35. The van der Waals surface area contributed by atoms with E-state index in [1.165, 1.54) is 23.0 Å². The minimum absolute atomic E-state index is 0.000516. The standard InChI is InChI=1S/C21H15ClF3N3O3S/c22-15-3-2-13(16(9-15)21(23,24)25)11-28-17-4-1-12(7-14(17)10-26-28)8-18-19(30)27(5-6-29)20(31)32-18/h1-4,7-10,29H,5-6,11H2/b18-8-. The molecule has 1 fully saturated rings. The summed E-state index contributed by atoms with van der Waals surface area (Å²) in [4.78, 5) is 25.4. The molecule has 1 aromatic heterocycles. The summed E-state index contributed by atoms with van der Waals surface area (Å²) in [5.41, 5.74) is 0.463. The van der Waals surface area contributed by atoms with Crippen molar-refractivity contribution >= 4 is 51.5 Å². The molecule has 1 aliphatic rings. The highest BCUT2D eigenvalue weighted by atomic mass is 35.5. The van der Waals surface area contributed by atoms with E-state index in [4.69, 9.17) is 16.7 Å². The molecule has 0 saturated carbocycles. The molecule has 1 saturated heterocycles. The molecule has 2 amide bonds. The van der Waals surface area contributed by atoms with Gasteiger partial charge >= 0.3 is 6.18 Å². The van der Waals surface area contributed by atoms with Crippen molar-refractivity contribution in [1.82, 2.24) is 14.7 Å². The Kier molecular flexibility index (Phi) is 6.02. The number of hydrogen-bond acceptors (Lipinski definition) is 5. The number of alkyl halides is 3. The zero-order valence-electron chi connectivity index (χ0n) is 16.3. The molecule has 1 N–H and O–H groups in total. The van der Waals surface area contributed by atoms with Crippen molar-refractivity contribution in [2.45, 2.75) is 12.7 Å². The quantitative estimate of drug-likeness (QED) is 0.530. The lowest BCUT2D eigenvalue weighted by molar-refractivity contribution is -0.138. The molecular formula is C21H15ClF3N3O3S. The highest BCUT2D eigenvalue weighted by molar-refractivity contribution is 8.18. The van der Waals surface area contributed by atoms with Crippen LogP contribution in [-0.4, -0.2) is 44.1 Å². The van der Waals surface area contributed by atoms with E-state index < -0.39 is 22.9 Å². The average Bonchev–Trinajstić information content (AvgIpc) is 3.24. The number of benzene rings is 2. The first-order chi connectivity index (χ1) is 15.2. The lowest BCUT2D eigenvalue weighted by Crippen LogP contribution is -2.30. The smallest absolute Gasteiger partial charge is 0.395 e. The van der Waals surface area contributed by atoms with Crippen molar-refractivity contribution in [2.75, 3.05) is 13.2 Å². The van der Waals surface area contributed by atoms with Crippen LogP contribution >= 0.6 is 23.4 Å². The number of aliphatic hydroxyl groups is 1. The van der Waals surface area contributed by atoms with Gasteiger partial charge in [0.15, 0.2) is 0 Å². The largest absolute Gasteiger partial charge is 0.416 e. The Labute approximate surface area is 189 Å². The van der Waals surface area contributed by atoms with Crippen molar-refractivity contribution in [2.24, 2.45) is 0 Å². The van der Waals surface area contributed by atoms with Crippen LogP contribution in [0.25, 0.3) is 17.0 Å². The fraction of sp³-hybridized carbons (Fsp3) is 0.190. The maximum Gasteiger partial charge on any atom is 0.416 e. The van der Waals surface area contributed by atoms with Gasteiger partial charge in [0.1, 0.15) is 0 Å². The third kappa shape index (κ3) is 4.38. The van der Waals surface area contributed by atoms with E-state index in [-0.39, 0.29) is 35.2 Å². The summed E-state index contributed by atoms with van der Waals surface area (Å²) in [6, 6.07) is 8.73. The molecule has 11 heteroatoms. The van der Waals surface area contributed by atoms with Gasteiger partial charge in [-0.25, -0.2) is 0 Å². The molecule has 0 spiro atoms. The second kappa shape index (κ2) is 8.61. The molecule has 6 nitrogen and oxygen atoms in total. The van der Waals surface area contributed by atoms with Crippen LogP contribution in [0.4, 0.5) is 18.0 Å². The first kappa shape index (κ1) is 22.4. The molecule has 32 heavy (non-hydrogen) atoms. The summed E-state index contributed by atoms with van der Waals surface area (Å²) >= 11 is 6.53. The van der Waals surface area contributed by atoms with Crippen LogP contribution in [0.3, 0.4) is 0 Å². The lowest BCUT2D eigenvalue weighted by Gasteiger charge is -2.14. The summed E-state index contributed by atoms with van der Waals surface area (Å²) in [6.45, 7) is -0.493.